The average Bonchev–Trinajstić information content (AvgIpc) is 2.95. The molecule has 2 heterocycles. The second kappa shape index (κ2) is 7.04. The molecule has 10 heteroatoms. The molecular formula is C18H15Cl2N3O4S. The lowest BCUT2D eigenvalue weighted by Gasteiger charge is -2.41. The molecule has 0 saturated carbocycles. The number of nitrogens with one attached hydrogen (secondary N) is 1. The summed E-state index contributed by atoms with van der Waals surface area (Å²) < 4.78 is 26.8. The molecule has 2 aliphatic heterocycles. The van der Waals surface area contributed by atoms with Crippen LogP contribution in [0, 0.1) is 0 Å². The van der Waals surface area contributed by atoms with Crippen molar-refractivity contribution in [2.75, 3.05) is 19.6 Å². The molecule has 0 radical (unpaired) electrons. The topological polar surface area (TPSA) is 86.8 Å². The first-order valence-electron chi connectivity index (χ1n) is 8.43. The zero-order valence-electron chi connectivity index (χ0n) is 14.4. The number of rotatable bonds is 4. The Balaban J connectivity index is 1.49. The molecule has 2 aliphatic rings. The van der Waals surface area contributed by atoms with Crippen LogP contribution >= 0.6 is 23.2 Å². The Morgan fingerprint density at radius 3 is 2.14 bits per heavy atom. The Hall–Kier alpha value is -2.13. The van der Waals surface area contributed by atoms with Crippen LogP contribution < -0.4 is 5.32 Å². The van der Waals surface area contributed by atoms with Gasteiger partial charge in [-0.2, -0.15) is 4.31 Å². The minimum Gasteiger partial charge on any atom is -0.329 e. The van der Waals surface area contributed by atoms with Crippen molar-refractivity contribution in [3.8, 4) is 11.1 Å². The molecule has 3 amide bonds. The summed E-state index contributed by atoms with van der Waals surface area (Å²) in [6.45, 7) is 0.143. The molecule has 2 fully saturated rings. The zero-order chi connectivity index (χ0) is 20.1. The number of amides is 3. The quantitative estimate of drug-likeness (QED) is 0.741. The summed E-state index contributed by atoms with van der Waals surface area (Å²) in [6.07, 6.45) is 0. The average molecular weight is 440 g/mol. The Morgan fingerprint density at radius 2 is 1.57 bits per heavy atom. The molecule has 0 unspecified atom stereocenters. The van der Waals surface area contributed by atoms with E-state index in [0.717, 1.165) is 16.0 Å². The fourth-order valence-electron chi connectivity index (χ4n) is 3.22. The summed E-state index contributed by atoms with van der Waals surface area (Å²) in [5, 5.41) is 3.30. The summed E-state index contributed by atoms with van der Waals surface area (Å²) in [6, 6.07) is 10.7. The second-order valence-electron chi connectivity index (χ2n) is 6.55. The number of imide groups is 1. The number of halogens is 2. The summed E-state index contributed by atoms with van der Waals surface area (Å²) in [5.41, 5.74) is 1.62. The molecule has 0 aliphatic carbocycles. The first kappa shape index (κ1) is 19.2. The van der Waals surface area contributed by atoms with E-state index in [1.165, 1.54) is 16.4 Å². The van der Waals surface area contributed by atoms with E-state index in [1.807, 2.05) is 0 Å². The minimum absolute atomic E-state index is 0.0434. The molecule has 0 aromatic heterocycles. The zero-order valence-corrected chi connectivity index (χ0v) is 16.8. The number of benzene rings is 2. The van der Waals surface area contributed by atoms with Gasteiger partial charge < -0.3 is 5.32 Å². The highest BCUT2D eigenvalue weighted by molar-refractivity contribution is 7.89. The van der Waals surface area contributed by atoms with Gasteiger partial charge in [0.05, 0.1) is 27.5 Å². The van der Waals surface area contributed by atoms with Gasteiger partial charge in [-0.1, -0.05) is 41.4 Å². The van der Waals surface area contributed by atoms with E-state index in [9.17, 15) is 18.0 Å². The molecule has 2 aromatic rings. The van der Waals surface area contributed by atoms with Crippen LogP contribution in [0.15, 0.2) is 47.4 Å². The van der Waals surface area contributed by atoms with Crippen LogP contribution in [-0.2, 0) is 14.8 Å². The van der Waals surface area contributed by atoms with Crippen LogP contribution in [-0.4, -0.2) is 55.2 Å². The van der Waals surface area contributed by atoms with E-state index >= 15 is 0 Å². The van der Waals surface area contributed by atoms with Gasteiger partial charge in [-0.15, -0.1) is 0 Å². The number of hydrogen-bond acceptors (Lipinski definition) is 4. The number of carbonyl (C=O) groups is 2. The lowest BCUT2D eigenvalue weighted by molar-refractivity contribution is -0.128. The van der Waals surface area contributed by atoms with Crippen molar-refractivity contribution in [1.82, 2.24) is 14.5 Å². The largest absolute Gasteiger partial charge is 0.329 e. The van der Waals surface area contributed by atoms with Crippen molar-refractivity contribution in [3.05, 3.63) is 52.5 Å². The summed E-state index contributed by atoms with van der Waals surface area (Å²) in [5.74, 6) is -0.335. The number of nitrogens with zero attached hydrogens (tertiary/aromatic N) is 2. The van der Waals surface area contributed by atoms with Crippen LogP contribution in [0.2, 0.25) is 10.0 Å². The van der Waals surface area contributed by atoms with E-state index in [4.69, 9.17) is 23.2 Å². The van der Waals surface area contributed by atoms with Gasteiger partial charge in [-0.05, 0) is 35.4 Å². The molecular weight excluding hydrogens is 425 g/mol. The molecule has 2 saturated heterocycles. The predicted molar refractivity (Wildman–Crippen MR) is 105 cm³/mol. The fraction of sp³-hybridized carbons (Fsp3) is 0.222. The van der Waals surface area contributed by atoms with E-state index < -0.39 is 22.1 Å². The summed E-state index contributed by atoms with van der Waals surface area (Å²) in [7, 11) is -3.70. The molecule has 1 N–H and O–H groups in total. The maximum atomic E-state index is 12.8. The van der Waals surface area contributed by atoms with Crippen LogP contribution in [0.5, 0.6) is 0 Å². The Morgan fingerprint density at radius 1 is 0.929 bits per heavy atom. The van der Waals surface area contributed by atoms with Gasteiger partial charge in [0.2, 0.25) is 15.9 Å². The Bertz CT molecular complexity index is 1050. The third kappa shape index (κ3) is 3.26. The number of carbonyl (C=O) groups excluding carboxylic acids is 2. The maximum absolute atomic E-state index is 12.8. The first-order valence-corrected chi connectivity index (χ1v) is 10.6. The van der Waals surface area contributed by atoms with Crippen molar-refractivity contribution in [1.29, 1.82) is 0 Å². The highest BCUT2D eigenvalue weighted by atomic mass is 35.5. The van der Waals surface area contributed by atoms with Gasteiger partial charge in [-0.25, -0.2) is 13.2 Å². The lowest BCUT2D eigenvalue weighted by Crippen LogP contribution is -2.62. The normalized spacial score (nSPS) is 18.3. The molecule has 2 aromatic carbocycles. The van der Waals surface area contributed by atoms with Crippen LogP contribution in [0.4, 0.5) is 4.79 Å². The molecule has 28 heavy (non-hydrogen) atoms. The first-order chi connectivity index (χ1) is 13.3. The molecule has 0 spiro atoms. The third-order valence-corrected chi connectivity index (χ3v) is 7.40. The molecule has 0 bridgehead atoms. The second-order valence-corrected chi connectivity index (χ2v) is 9.30. The van der Waals surface area contributed by atoms with Crippen molar-refractivity contribution in [3.63, 3.8) is 0 Å². The summed E-state index contributed by atoms with van der Waals surface area (Å²) in [4.78, 5) is 24.6. The number of urea groups is 1. The monoisotopic (exact) mass is 439 g/mol. The van der Waals surface area contributed by atoms with E-state index in [2.05, 4.69) is 5.32 Å². The lowest BCUT2D eigenvalue weighted by atomic mass is 10.1. The van der Waals surface area contributed by atoms with Gasteiger partial charge in [0.1, 0.15) is 0 Å². The van der Waals surface area contributed by atoms with Gasteiger partial charge in [0.25, 0.3) is 0 Å². The van der Waals surface area contributed by atoms with Crippen molar-refractivity contribution in [2.24, 2.45) is 0 Å². The van der Waals surface area contributed by atoms with E-state index in [1.54, 1.807) is 30.3 Å². The fourth-order valence-corrected chi connectivity index (χ4v) is 5.04. The standard InChI is InChI=1S/C18H15Cl2N3O4S/c19-15-6-3-12(7-16(15)20)11-1-4-14(5-2-11)28(26,27)22-9-13(10-22)23-17(24)8-21-18(23)25/h1-7,13H,8-10H2,(H,21,25). The third-order valence-electron chi connectivity index (χ3n) is 4.82. The van der Waals surface area contributed by atoms with E-state index in [-0.39, 0.29) is 30.4 Å². The Kier molecular flexibility index (Phi) is 4.83. The van der Waals surface area contributed by atoms with Crippen molar-refractivity contribution in [2.45, 2.75) is 10.9 Å². The highest BCUT2D eigenvalue weighted by Crippen LogP contribution is 2.30. The van der Waals surface area contributed by atoms with Gasteiger partial charge in [0.15, 0.2) is 0 Å². The molecule has 7 nitrogen and oxygen atoms in total. The van der Waals surface area contributed by atoms with Crippen molar-refractivity contribution < 1.29 is 18.0 Å². The molecule has 146 valence electrons. The van der Waals surface area contributed by atoms with Crippen LogP contribution in [0.1, 0.15) is 0 Å². The van der Waals surface area contributed by atoms with E-state index in [0.29, 0.717) is 10.0 Å². The minimum atomic E-state index is -3.70. The predicted octanol–water partition coefficient (Wildman–Crippen LogP) is 2.59. The van der Waals surface area contributed by atoms with Gasteiger partial charge in [-0.3, -0.25) is 9.69 Å². The van der Waals surface area contributed by atoms with Crippen LogP contribution in [0.25, 0.3) is 11.1 Å². The Labute approximate surface area is 171 Å². The highest BCUT2D eigenvalue weighted by Gasteiger charge is 2.45. The molecule has 0 atom stereocenters. The summed E-state index contributed by atoms with van der Waals surface area (Å²) >= 11 is 12.0. The van der Waals surface area contributed by atoms with Crippen LogP contribution in [0.3, 0.4) is 0 Å². The SMILES string of the molecule is O=C1CNC(=O)N1C1CN(S(=O)(=O)c2ccc(-c3ccc(Cl)c(Cl)c3)cc2)C1. The number of hydrogen-bond donors (Lipinski definition) is 1. The number of sulfonamides is 1. The van der Waals surface area contributed by atoms with Gasteiger partial charge in [0, 0.05) is 13.1 Å². The van der Waals surface area contributed by atoms with Gasteiger partial charge >= 0.3 is 6.03 Å². The smallest absolute Gasteiger partial charge is 0.324 e. The maximum Gasteiger partial charge on any atom is 0.324 e. The van der Waals surface area contributed by atoms with Crippen molar-refractivity contribution >= 4 is 45.2 Å². The molecule has 4 rings (SSSR count).